The normalized spacial score (nSPS) is 11.9. The predicted octanol–water partition coefficient (Wildman–Crippen LogP) is 2.42. The topological polar surface area (TPSA) is 74.7 Å². The van der Waals surface area contributed by atoms with Crippen molar-refractivity contribution in [3.8, 4) is 0 Å². The molecule has 5 nitrogen and oxygen atoms in total. The molecule has 0 atom stereocenters. The molecule has 0 aromatic rings. The minimum atomic E-state index is -3.48. The summed E-state index contributed by atoms with van der Waals surface area (Å²) >= 11 is 0. The Kier molecular flexibility index (Phi) is 10.6. The fourth-order valence-corrected chi connectivity index (χ4v) is 3.53. The van der Waals surface area contributed by atoms with Crippen LogP contribution in [0, 0.1) is 0 Å². The lowest BCUT2D eigenvalue weighted by Gasteiger charge is -2.19. The second kappa shape index (κ2) is 11.0. The van der Waals surface area contributed by atoms with Gasteiger partial charge in [-0.05, 0) is 19.3 Å². The number of nitrogens with zero attached hydrogens (tertiary/aromatic N) is 1. The Morgan fingerprint density at radius 2 is 1.65 bits per heavy atom. The summed E-state index contributed by atoms with van der Waals surface area (Å²) in [5, 5.41) is 8.73. The number of alkyl halides is 1. The summed E-state index contributed by atoms with van der Waals surface area (Å²) in [7, 11) is -3.48. The first kappa shape index (κ1) is 19.3. The Bertz CT molecular complexity index is 359. The lowest BCUT2D eigenvalue weighted by Crippen LogP contribution is -2.37. The minimum absolute atomic E-state index is 0.0105. The van der Waals surface area contributed by atoms with Crippen LogP contribution in [0.1, 0.15) is 51.9 Å². The SMILES string of the molecule is CCCN(CC(=O)O)S(=O)(=O)CCCCCCCCF. The van der Waals surface area contributed by atoms with Gasteiger partial charge >= 0.3 is 5.97 Å². The Hall–Kier alpha value is -0.690. The molecule has 0 radical (unpaired) electrons. The minimum Gasteiger partial charge on any atom is -0.480 e. The number of halogens is 1. The van der Waals surface area contributed by atoms with E-state index in [0.717, 1.165) is 30.0 Å². The zero-order valence-corrected chi connectivity index (χ0v) is 13.0. The van der Waals surface area contributed by atoms with E-state index in [4.69, 9.17) is 5.11 Å². The zero-order valence-electron chi connectivity index (χ0n) is 12.2. The van der Waals surface area contributed by atoms with Crippen molar-refractivity contribution in [2.45, 2.75) is 51.9 Å². The standard InChI is InChI=1S/C13H26FNO4S/c1-2-10-15(12-13(16)17)20(18,19)11-8-6-4-3-5-7-9-14/h2-12H2,1H3,(H,16,17). The van der Waals surface area contributed by atoms with Crippen LogP contribution in [0.25, 0.3) is 0 Å². The number of carbonyl (C=O) groups is 1. The summed E-state index contributed by atoms with van der Waals surface area (Å²) in [6.07, 6.45) is 5.11. The molecule has 0 saturated heterocycles. The number of hydrogen-bond donors (Lipinski definition) is 1. The Balaban J connectivity index is 4.04. The van der Waals surface area contributed by atoms with Gasteiger partial charge < -0.3 is 5.11 Å². The highest BCUT2D eigenvalue weighted by Crippen LogP contribution is 2.10. The predicted molar refractivity (Wildman–Crippen MR) is 77.0 cm³/mol. The van der Waals surface area contributed by atoms with Crippen LogP contribution in [-0.4, -0.2) is 49.3 Å². The molecule has 0 spiro atoms. The van der Waals surface area contributed by atoms with E-state index in [9.17, 15) is 17.6 Å². The quantitative estimate of drug-likeness (QED) is 0.530. The average Bonchev–Trinajstić information content (AvgIpc) is 2.36. The molecule has 20 heavy (non-hydrogen) atoms. The van der Waals surface area contributed by atoms with Gasteiger partial charge in [0, 0.05) is 6.54 Å². The first-order valence-corrected chi connectivity index (χ1v) is 8.80. The summed E-state index contributed by atoms with van der Waals surface area (Å²) < 4.78 is 36.9. The molecule has 0 fully saturated rings. The fraction of sp³-hybridized carbons (Fsp3) is 0.923. The van der Waals surface area contributed by atoms with E-state index in [-0.39, 0.29) is 19.0 Å². The third-order valence-electron chi connectivity index (χ3n) is 2.96. The summed E-state index contributed by atoms with van der Waals surface area (Å²) in [5.41, 5.74) is 0. The molecule has 0 saturated carbocycles. The van der Waals surface area contributed by atoms with E-state index < -0.39 is 22.5 Å². The van der Waals surface area contributed by atoms with Crippen LogP contribution in [0.2, 0.25) is 0 Å². The largest absolute Gasteiger partial charge is 0.480 e. The van der Waals surface area contributed by atoms with Crippen molar-refractivity contribution in [2.75, 3.05) is 25.5 Å². The Morgan fingerprint density at radius 1 is 1.10 bits per heavy atom. The average molecular weight is 311 g/mol. The zero-order chi connectivity index (χ0) is 15.4. The fourth-order valence-electron chi connectivity index (χ4n) is 1.93. The van der Waals surface area contributed by atoms with Gasteiger partial charge in [-0.2, -0.15) is 4.31 Å². The van der Waals surface area contributed by atoms with Crippen molar-refractivity contribution in [2.24, 2.45) is 0 Å². The van der Waals surface area contributed by atoms with E-state index >= 15 is 0 Å². The van der Waals surface area contributed by atoms with Crippen LogP contribution < -0.4 is 0 Å². The van der Waals surface area contributed by atoms with E-state index in [1.54, 1.807) is 0 Å². The molecule has 0 heterocycles. The van der Waals surface area contributed by atoms with Gasteiger partial charge in [0.2, 0.25) is 10.0 Å². The van der Waals surface area contributed by atoms with E-state index in [2.05, 4.69) is 0 Å². The second-order valence-corrected chi connectivity index (χ2v) is 6.94. The number of aliphatic carboxylic acids is 1. The van der Waals surface area contributed by atoms with Gasteiger partial charge in [0.1, 0.15) is 6.54 Å². The molecule has 0 bridgehead atoms. The van der Waals surface area contributed by atoms with Crippen molar-refractivity contribution < 1.29 is 22.7 Å². The maximum Gasteiger partial charge on any atom is 0.318 e. The van der Waals surface area contributed by atoms with Gasteiger partial charge in [-0.3, -0.25) is 9.18 Å². The highest BCUT2D eigenvalue weighted by molar-refractivity contribution is 7.89. The molecule has 7 heteroatoms. The monoisotopic (exact) mass is 311 g/mol. The summed E-state index contributed by atoms with van der Waals surface area (Å²) in [5.74, 6) is -1.14. The maximum absolute atomic E-state index is 12.0. The van der Waals surface area contributed by atoms with Crippen LogP contribution in [0.3, 0.4) is 0 Å². The van der Waals surface area contributed by atoms with Crippen LogP contribution >= 0.6 is 0 Å². The van der Waals surface area contributed by atoms with Gasteiger partial charge in [0.25, 0.3) is 0 Å². The molecule has 0 amide bonds. The van der Waals surface area contributed by atoms with Crippen LogP contribution in [0.5, 0.6) is 0 Å². The van der Waals surface area contributed by atoms with E-state index in [1.165, 1.54) is 0 Å². The molecule has 0 aliphatic rings. The van der Waals surface area contributed by atoms with Crippen molar-refractivity contribution in [1.82, 2.24) is 4.31 Å². The van der Waals surface area contributed by atoms with Gasteiger partial charge in [-0.1, -0.05) is 32.6 Å². The number of sulfonamides is 1. The number of hydrogen-bond acceptors (Lipinski definition) is 3. The first-order valence-electron chi connectivity index (χ1n) is 7.19. The van der Waals surface area contributed by atoms with Crippen LogP contribution in [0.4, 0.5) is 4.39 Å². The highest BCUT2D eigenvalue weighted by Gasteiger charge is 2.22. The lowest BCUT2D eigenvalue weighted by molar-refractivity contribution is -0.137. The summed E-state index contributed by atoms with van der Waals surface area (Å²) in [6.45, 7) is 1.29. The molecule has 0 rings (SSSR count). The van der Waals surface area contributed by atoms with Crippen molar-refractivity contribution in [3.63, 3.8) is 0 Å². The van der Waals surface area contributed by atoms with E-state index in [0.29, 0.717) is 19.3 Å². The molecule has 0 aliphatic carbocycles. The Labute approximate surface area is 121 Å². The van der Waals surface area contributed by atoms with Crippen molar-refractivity contribution in [1.29, 1.82) is 0 Å². The number of carboxylic acids is 1. The highest BCUT2D eigenvalue weighted by atomic mass is 32.2. The third-order valence-corrected chi connectivity index (χ3v) is 4.87. The smallest absolute Gasteiger partial charge is 0.318 e. The van der Waals surface area contributed by atoms with Crippen LogP contribution in [-0.2, 0) is 14.8 Å². The van der Waals surface area contributed by atoms with Gasteiger partial charge in [0.05, 0.1) is 12.4 Å². The molecule has 0 aromatic heterocycles. The Morgan fingerprint density at radius 3 is 2.15 bits per heavy atom. The first-order chi connectivity index (χ1) is 9.44. The van der Waals surface area contributed by atoms with Gasteiger partial charge in [-0.15, -0.1) is 0 Å². The van der Waals surface area contributed by atoms with Gasteiger partial charge in [0.15, 0.2) is 0 Å². The second-order valence-electron chi connectivity index (χ2n) is 4.85. The molecule has 0 unspecified atom stereocenters. The number of unbranched alkanes of at least 4 members (excludes halogenated alkanes) is 5. The van der Waals surface area contributed by atoms with E-state index in [1.807, 2.05) is 6.92 Å². The molecule has 0 aromatic carbocycles. The summed E-state index contributed by atoms with van der Waals surface area (Å²) in [4.78, 5) is 10.7. The van der Waals surface area contributed by atoms with Crippen molar-refractivity contribution >= 4 is 16.0 Å². The lowest BCUT2D eigenvalue weighted by atomic mass is 10.1. The van der Waals surface area contributed by atoms with Crippen LogP contribution in [0.15, 0.2) is 0 Å². The summed E-state index contributed by atoms with van der Waals surface area (Å²) in [6, 6.07) is 0. The van der Waals surface area contributed by atoms with Gasteiger partial charge in [-0.25, -0.2) is 8.42 Å². The molecule has 0 aliphatic heterocycles. The van der Waals surface area contributed by atoms with Crippen molar-refractivity contribution in [3.05, 3.63) is 0 Å². The number of carboxylic acid groups (broad SMARTS) is 1. The molecule has 1 N–H and O–H groups in total. The molecular weight excluding hydrogens is 285 g/mol. The molecular formula is C13H26FNO4S. The number of rotatable bonds is 13. The third kappa shape index (κ3) is 9.25. The molecule has 120 valence electrons. The maximum atomic E-state index is 12.0.